The predicted molar refractivity (Wildman–Crippen MR) is 101 cm³/mol. The molecule has 0 aliphatic rings. The van der Waals surface area contributed by atoms with E-state index < -0.39 is 0 Å². The summed E-state index contributed by atoms with van der Waals surface area (Å²) < 4.78 is 0. The summed E-state index contributed by atoms with van der Waals surface area (Å²) >= 11 is 6.14. The number of pyridine rings is 1. The van der Waals surface area contributed by atoms with E-state index >= 15 is 0 Å². The van der Waals surface area contributed by atoms with Crippen LogP contribution in [0.2, 0.25) is 5.02 Å². The highest BCUT2D eigenvalue weighted by Gasteiger charge is 2.09. The summed E-state index contributed by atoms with van der Waals surface area (Å²) in [6, 6.07) is 15.3. The molecule has 4 nitrogen and oxygen atoms in total. The van der Waals surface area contributed by atoms with Crippen molar-refractivity contribution in [2.75, 3.05) is 6.54 Å². The molecule has 2 N–H and O–H groups in total. The summed E-state index contributed by atoms with van der Waals surface area (Å²) in [7, 11) is 0. The second-order valence-corrected chi connectivity index (χ2v) is 6.31. The minimum Gasteiger partial charge on any atom is -0.353 e. The zero-order valence-corrected chi connectivity index (χ0v) is 14.2. The van der Waals surface area contributed by atoms with E-state index in [-0.39, 0.29) is 5.91 Å². The Bertz CT molecular complexity index is 1070. The Balaban J connectivity index is 1.50. The van der Waals surface area contributed by atoms with Gasteiger partial charge in [0.1, 0.15) is 0 Å². The third-order valence-corrected chi connectivity index (χ3v) is 4.67. The number of rotatable bonds is 4. The number of benzene rings is 2. The summed E-state index contributed by atoms with van der Waals surface area (Å²) in [5, 5.41) is 5.87. The average Bonchev–Trinajstić information content (AvgIpc) is 3.01. The Morgan fingerprint density at radius 1 is 1.08 bits per heavy atom. The summed E-state index contributed by atoms with van der Waals surface area (Å²) in [4.78, 5) is 19.8. The number of aromatic amines is 1. The monoisotopic (exact) mass is 349 g/mol. The first-order valence-corrected chi connectivity index (χ1v) is 8.47. The topological polar surface area (TPSA) is 57.8 Å². The van der Waals surface area contributed by atoms with E-state index in [0.29, 0.717) is 18.5 Å². The first-order chi connectivity index (χ1) is 12.2. The number of fused-ring (bicyclic) bond motifs is 3. The van der Waals surface area contributed by atoms with E-state index in [4.69, 9.17) is 11.6 Å². The zero-order valence-electron chi connectivity index (χ0n) is 13.4. The van der Waals surface area contributed by atoms with E-state index in [1.165, 1.54) is 0 Å². The van der Waals surface area contributed by atoms with Gasteiger partial charge >= 0.3 is 0 Å². The lowest BCUT2D eigenvalue weighted by Crippen LogP contribution is -2.25. The molecule has 0 radical (unpaired) electrons. The van der Waals surface area contributed by atoms with Crippen molar-refractivity contribution in [2.45, 2.75) is 6.42 Å². The Hall–Kier alpha value is -2.85. The molecule has 0 atom stereocenters. The summed E-state index contributed by atoms with van der Waals surface area (Å²) in [6.45, 7) is 0.539. The highest BCUT2D eigenvalue weighted by Crippen LogP contribution is 2.25. The van der Waals surface area contributed by atoms with E-state index in [0.717, 1.165) is 32.4 Å². The number of halogens is 1. The largest absolute Gasteiger partial charge is 0.353 e. The van der Waals surface area contributed by atoms with Crippen LogP contribution < -0.4 is 5.32 Å². The van der Waals surface area contributed by atoms with Gasteiger partial charge in [-0.3, -0.25) is 9.78 Å². The molecule has 0 aliphatic heterocycles. The van der Waals surface area contributed by atoms with Crippen molar-refractivity contribution in [3.63, 3.8) is 0 Å². The Labute approximate surface area is 149 Å². The zero-order chi connectivity index (χ0) is 17.2. The molecule has 25 heavy (non-hydrogen) atoms. The molecular weight excluding hydrogens is 334 g/mol. The molecule has 0 unspecified atom stereocenters. The lowest BCUT2D eigenvalue weighted by Gasteiger charge is -2.07. The van der Waals surface area contributed by atoms with Crippen LogP contribution in [0.5, 0.6) is 0 Å². The third-order valence-electron chi connectivity index (χ3n) is 4.30. The van der Waals surface area contributed by atoms with Crippen molar-refractivity contribution in [3.05, 3.63) is 77.1 Å². The maximum atomic E-state index is 12.4. The molecule has 4 aromatic rings. The van der Waals surface area contributed by atoms with Crippen molar-refractivity contribution in [1.29, 1.82) is 0 Å². The molecule has 0 fully saturated rings. The van der Waals surface area contributed by atoms with Gasteiger partial charge in [0, 0.05) is 39.6 Å². The highest BCUT2D eigenvalue weighted by atomic mass is 35.5. The van der Waals surface area contributed by atoms with Gasteiger partial charge in [0.2, 0.25) is 0 Å². The molecule has 124 valence electrons. The lowest BCUT2D eigenvalue weighted by atomic mass is 10.1. The van der Waals surface area contributed by atoms with Gasteiger partial charge in [0.05, 0.1) is 11.7 Å². The fourth-order valence-electron chi connectivity index (χ4n) is 3.01. The summed E-state index contributed by atoms with van der Waals surface area (Å²) in [5.74, 6) is -0.0919. The maximum Gasteiger partial charge on any atom is 0.251 e. The number of amides is 1. The van der Waals surface area contributed by atoms with Crippen LogP contribution in [-0.2, 0) is 6.42 Å². The molecule has 1 amide bonds. The minimum absolute atomic E-state index is 0.0919. The molecule has 4 rings (SSSR count). The van der Waals surface area contributed by atoms with E-state index in [1.807, 2.05) is 48.5 Å². The van der Waals surface area contributed by atoms with Crippen molar-refractivity contribution < 1.29 is 4.79 Å². The van der Waals surface area contributed by atoms with Gasteiger partial charge in [-0.15, -0.1) is 0 Å². The third kappa shape index (κ3) is 3.08. The van der Waals surface area contributed by atoms with Crippen LogP contribution in [0.1, 0.15) is 15.9 Å². The summed E-state index contributed by atoms with van der Waals surface area (Å²) in [6.07, 6.45) is 4.26. The number of hydrogen-bond donors (Lipinski definition) is 2. The van der Waals surface area contributed by atoms with Gasteiger partial charge in [0.15, 0.2) is 0 Å². The van der Waals surface area contributed by atoms with Crippen LogP contribution in [0.4, 0.5) is 0 Å². The Morgan fingerprint density at radius 2 is 1.92 bits per heavy atom. The predicted octanol–water partition coefficient (Wildman–Crippen LogP) is 4.34. The molecule has 5 heteroatoms. The number of H-pyrrole nitrogens is 1. The van der Waals surface area contributed by atoms with Crippen molar-refractivity contribution in [1.82, 2.24) is 15.3 Å². The Morgan fingerprint density at radius 3 is 2.80 bits per heavy atom. The molecule has 0 saturated heterocycles. The van der Waals surface area contributed by atoms with Crippen LogP contribution >= 0.6 is 11.6 Å². The molecule has 0 spiro atoms. The average molecular weight is 350 g/mol. The van der Waals surface area contributed by atoms with E-state index in [9.17, 15) is 4.79 Å². The first-order valence-electron chi connectivity index (χ1n) is 8.09. The molecule has 2 aromatic heterocycles. The number of hydrogen-bond acceptors (Lipinski definition) is 2. The lowest BCUT2D eigenvalue weighted by molar-refractivity contribution is 0.0954. The number of aromatic nitrogens is 2. The van der Waals surface area contributed by atoms with Crippen LogP contribution in [0.15, 0.2) is 60.9 Å². The van der Waals surface area contributed by atoms with Crippen LogP contribution in [0.25, 0.3) is 21.8 Å². The van der Waals surface area contributed by atoms with Crippen molar-refractivity contribution >= 4 is 39.3 Å². The molecule has 0 bridgehead atoms. The normalized spacial score (nSPS) is 11.1. The molecule has 2 aromatic carbocycles. The SMILES string of the molecule is O=C(NCCc1ccccc1Cl)c1ccc2c(c1)[nH]c1cnccc12. The fourth-order valence-corrected chi connectivity index (χ4v) is 3.24. The van der Waals surface area contributed by atoms with Gasteiger partial charge in [-0.25, -0.2) is 0 Å². The van der Waals surface area contributed by atoms with E-state index in [2.05, 4.69) is 15.3 Å². The maximum absolute atomic E-state index is 12.4. The van der Waals surface area contributed by atoms with Crippen molar-refractivity contribution in [2.24, 2.45) is 0 Å². The fraction of sp³-hybridized carbons (Fsp3) is 0.100. The first kappa shape index (κ1) is 15.7. The molecule has 0 aliphatic carbocycles. The Kier molecular flexibility index (Phi) is 4.12. The van der Waals surface area contributed by atoms with Gasteiger partial charge < -0.3 is 10.3 Å². The smallest absolute Gasteiger partial charge is 0.251 e. The second kappa shape index (κ2) is 6.57. The van der Waals surface area contributed by atoms with Crippen molar-refractivity contribution in [3.8, 4) is 0 Å². The van der Waals surface area contributed by atoms with Crippen LogP contribution in [-0.4, -0.2) is 22.4 Å². The number of nitrogens with one attached hydrogen (secondary N) is 2. The van der Waals surface area contributed by atoms with Gasteiger partial charge in [-0.1, -0.05) is 35.9 Å². The van der Waals surface area contributed by atoms with Crippen LogP contribution in [0, 0.1) is 0 Å². The minimum atomic E-state index is -0.0919. The van der Waals surface area contributed by atoms with Gasteiger partial charge in [-0.05, 0) is 36.2 Å². The number of carbonyl (C=O) groups excluding carboxylic acids is 1. The van der Waals surface area contributed by atoms with E-state index in [1.54, 1.807) is 12.4 Å². The number of nitrogens with zero attached hydrogens (tertiary/aromatic N) is 1. The highest BCUT2D eigenvalue weighted by molar-refractivity contribution is 6.31. The van der Waals surface area contributed by atoms with Gasteiger partial charge in [-0.2, -0.15) is 0 Å². The quantitative estimate of drug-likeness (QED) is 0.575. The second-order valence-electron chi connectivity index (χ2n) is 5.90. The molecule has 0 saturated carbocycles. The molecular formula is C20H16ClN3O. The standard InChI is InChI=1S/C20H16ClN3O/c21-17-4-2-1-3-13(17)7-10-23-20(25)14-5-6-15-16-8-9-22-12-19(16)24-18(15)11-14/h1-6,8-9,11-12,24H,7,10H2,(H,23,25). The number of carbonyl (C=O) groups is 1. The van der Waals surface area contributed by atoms with Crippen LogP contribution in [0.3, 0.4) is 0 Å². The summed E-state index contributed by atoms with van der Waals surface area (Å²) in [5.41, 5.74) is 3.56. The molecule has 2 heterocycles. The van der Waals surface area contributed by atoms with Gasteiger partial charge in [0.25, 0.3) is 5.91 Å².